The normalized spacial score (nSPS) is 12.6. The fourth-order valence-corrected chi connectivity index (χ4v) is 2.18. The summed E-state index contributed by atoms with van der Waals surface area (Å²) in [5.41, 5.74) is 4.24. The molecule has 0 fully saturated rings. The van der Waals surface area contributed by atoms with E-state index in [4.69, 9.17) is 0 Å². The molecule has 16 heavy (non-hydrogen) atoms. The van der Waals surface area contributed by atoms with E-state index in [1.807, 2.05) is 27.7 Å². The Morgan fingerprint density at radius 2 is 1.75 bits per heavy atom. The minimum absolute atomic E-state index is 0.106. The van der Waals surface area contributed by atoms with Gasteiger partial charge in [-0.15, -0.1) is 0 Å². The molecule has 0 aliphatic rings. The first-order valence-corrected chi connectivity index (χ1v) is 5.82. The number of benzene rings is 1. The summed E-state index contributed by atoms with van der Waals surface area (Å²) in [5, 5.41) is 3.16. The number of hydrogen-bond donors (Lipinski definition) is 1. The summed E-state index contributed by atoms with van der Waals surface area (Å²) in [4.78, 5) is 12.2. The van der Waals surface area contributed by atoms with Gasteiger partial charge < -0.3 is 5.32 Å². The smallest absolute Gasteiger partial charge is 0.179 e. The zero-order valence-corrected chi connectivity index (χ0v) is 10.8. The molecule has 0 aliphatic heterocycles. The number of Topliss-reactive ketones (excluding diaryl/α,β-unsaturated/α-hetero) is 1. The Balaban J connectivity index is 3.08. The molecular formula is C14H21NO. The molecule has 1 unspecified atom stereocenters. The predicted octanol–water partition coefficient (Wildman–Crippen LogP) is 2.79. The molecule has 1 N–H and O–H groups in total. The van der Waals surface area contributed by atoms with Gasteiger partial charge in [-0.25, -0.2) is 0 Å². The SMILES string of the molecule is CCNC(C)C(=O)c1c(C)cc(C)cc1C. The molecule has 2 heteroatoms. The van der Waals surface area contributed by atoms with Crippen molar-refractivity contribution in [3.8, 4) is 0 Å². The van der Waals surface area contributed by atoms with E-state index in [1.54, 1.807) is 0 Å². The monoisotopic (exact) mass is 219 g/mol. The third-order valence-electron chi connectivity index (χ3n) is 2.83. The molecule has 1 rings (SSSR count). The second-order valence-corrected chi connectivity index (χ2v) is 4.42. The fraction of sp³-hybridized carbons (Fsp3) is 0.500. The highest BCUT2D eigenvalue weighted by atomic mass is 16.1. The lowest BCUT2D eigenvalue weighted by molar-refractivity contribution is 0.0951. The van der Waals surface area contributed by atoms with E-state index in [0.29, 0.717) is 0 Å². The van der Waals surface area contributed by atoms with Gasteiger partial charge in [-0.2, -0.15) is 0 Å². The molecule has 2 nitrogen and oxygen atoms in total. The van der Waals surface area contributed by atoms with Crippen molar-refractivity contribution >= 4 is 5.78 Å². The number of carbonyl (C=O) groups is 1. The first-order chi connectivity index (χ1) is 7.47. The Morgan fingerprint density at radius 3 is 2.19 bits per heavy atom. The van der Waals surface area contributed by atoms with Gasteiger partial charge in [-0.05, 0) is 45.4 Å². The third-order valence-corrected chi connectivity index (χ3v) is 2.83. The molecule has 0 aromatic heterocycles. The van der Waals surface area contributed by atoms with Crippen LogP contribution in [0.4, 0.5) is 0 Å². The van der Waals surface area contributed by atoms with Crippen molar-refractivity contribution < 1.29 is 4.79 Å². The maximum absolute atomic E-state index is 12.2. The van der Waals surface area contributed by atoms with Gasteiger partial charge in [0.1, 0.15) is 0 Å². The van der Waals surface area contributed by atoms with E-state index >= 15 is 0 Å². The van der Waals surface area contributed by atoms with Crippen LogP contribution in [-0.4, -0.2) is 18.4 Å². The molecule has 0 saturated carbocycles. The second kappa shape index (κ2) is 5.26. The lowest BCUT2D eigenvalue weighted by Gasteiger charge is -2.15. The van der Waals surface area contributed by atoms with Gasteiger partial charge in [0.25, 0.3) is 0 Å². The van der Waals surface area contributed by atoms with Gasteiger partial charge in [0.15, 0.2) is 5.78 Å². The van der Waals surface area contributed by atoms with Crippen molar-refractivity contribution in [2.45, 2.75) is 40.7 Å². The molecule has 0 amide bonds. The average Bonchev–Trinajstić information content (AvgIpc) is 2.16. The topological polar surface area (TPSA) is 29.1 Å². The number of nitrogens with one attached hydrogen (secondary N) is 1. The summed E-state index contributed by atoms with van der Waals surface area (Å²) in [6, 6.07) is 4.03. The fourth-order valence-electron chi connectivity index (χ4n) is 2.18. The third kappa shape index (κ3) is 2.70. The van der Waals surface area contributed by atoms with E-state index in [0.717, 1.165) is 23.2 Å². The van der Waals surface area contributed by atoms with Crippen LogP contribution in [0.2, 0.25) is 0 Å². The van der Waals surface area contributed by atoms with Crippen molar-refractivity contribution in [3.63, 3.8) is 0 Å². The predicted molar refractivity (Wildman–Crippen MR) is 68.1 cm³/mol. The average molecular weight is 219 g/mol. The molecule has 0 spiro atoms. The van der Waals surface area contributed by atoms with Gasteiger partial charge in [-0.3, -0.25) is 4.79 Å². The second-order valence-electron chi connectivity index (χ2n) is 4.42. The van der Waals surface area contributed by atoms with Crippen LogP contribution in [0.1, 0.15) is 40.9 Å². The van der Waals surface area contributed by atoms with Crippen molar-refractivity contribution in [3.05, 3.63) is 34.4 Å². The molecule has 0 heterocycles. The van der Waals surface area contributed by atoms with Crippen molar-refractivity contribution in [1.82, 2.24) is 5.32 Å². The van der Waals surface area contributed by atoms with E-state index in [1.165, 1.54) is 5.56 Å². The van der Waals surface area contributed by atoms with Gasteiger partial charge >= 0.3 is 0 Å². The molecule has 0 saturated heterocycles. The Bertz CT molecular complexity index is 373. The summed E-state index contributed by atoms with van der Waals surface area (Å²) in [6.45, 7) is 10.8. The Morgan fingerprint density at radius 1 is 1.25 bits per heavy atom. The summed E-state index contributed by atoms with van der Waals surface area (Å²) in [7, 11) is 0. The molecule has 1 atom stereocenters. The van der Waals surface area contributed by atoms with E-state index in [2.05, 4.69) is 24.4 Å². The highest BCUT2D eigenvalue weighted by Crippen LogP contribution is 2.18. The maximum Gasteiger partial charge on any atom is 0.179 e. The molecular weight excluding hydrogens is 198 g/mol. The van der Waals surface area contributed by atoms with E-state index in [9.17, 15) is 4.79 Å². The van der Waals surface area contributed by atoms with Crippen LogP contribution in [0, 0.1) is 20.8 Å². The number of aryl methyl sites for hydroxylation is 3. The van der Waals surface area contributed by atoms with Crippen LogP contribution in [0.15, 0.2) is 12.1 Å². The quantitative estimate of drug-likeness (QED) is 0.789. The minimum Gasteiger partial charge on any atom is -0.308 e. The van der Waals surface area contributed by atoms with Crippen molar-refractivity contribution in [2.75, 3.05) is 6.54 Å². The number of hydrogen-bond acceptors (Lipinski definition) is 2. The number of likely N-dealkylation sites (N-methyl/N-ethyl adjacent to an activating group) is 1. The largest absolute Gasteiger partial charge is 0.308 e. The maximum atomic E-state index is 12.2. The molecule has 0 radical (unpaired) electrons. The molecule has 1 aromatic carbocycles. The number of carbonyl (C=O) groups excluding carboxylic acids is 1. The van der Waals surface area contributed by atoms with Crippen LogP contribution in [0.25, 0.3) is 0 Å². The van der Waals surface area contributed by atoms with Gasteiger partial charge in [0.2, 0.25) is 0 Å². The van der Waals surface area contributed by atoms with Crippen LogP contribution < -0.4 is 5.32 Å². The summed E-state index contributed by atoms with van der Waals surface area (Å²) >= 11 is 0. The van der Waals surface area contributed by atoms with Crippen LogP contribution >= 0.6 is 0 Å². The lowest BCUT2D eigenvalue weighted by atomic mass is 9.94. The first-order valence-electron chi connectivity index (χ1n) is 5.82. The minimum atomic E-state index is -0.106. The highest BCUT2D eigenvalue weighted by Gasteiger charge is 2.18. The van der Waals surface area contributed by atoms with Crippen LogP contribution in [-0.2, 0) is 0 Å². The lowest BCUT2D eigenvalue weighted by Crippen LogP contribution is -2.34. The van der Waals surface area contributed by atoms with Gasteiger partial charge in [0, 0.05) is 5.56 Å². The molecule has 1 aromatic rings. The standard InChI is InChI=1S/C14H21NO/c1-6-15-12(5)14(16)13-10(3)7-9(2)8-11(13)4/h7-8,12,15H,6H2,1-5H3. The zero-order valence-electron chi connectivity index (χ0n) is 10.8. The summed E-state index contributed by atoms with van der Waals surface area (Å²) in [6.07, 6.45) is 0. The zero-order chi connectivity index (χ0) is 12.3. The molecule has 0 bridgehead atoms. The first kappa shape index (κ1) is 12.9. The summed E-state index contributed by atoms with van der Waals surface area (Å²) < 4.78 is 0. The van der Waals surface area contributed by atoms with Gasteiger partial charge in [-0.1, -0.05) is 24.6 Å². The van der Waals surface area contributed by atoms with E-state index < -0.39 is 0 Å². The van der Waals surface area contributed by atoms with Crippen LogP contribution in [0.5, 0.6) is 0 Å². The van der Waals surface area contributed by atoms with Gasteiger partial charge in [0.05, 0.1) is 6.04 Å². The molecule has 88 valence electrons. The Kier molecular flexibility index (Phi) is 4.25. The van der Waals surface area contributed by atoms with Crippen LogP contribution in [0.3, 0.4) is 0 Å². The molecule has 0 aliphatic carbocycles. The van der Waals surface area contributed by atoms with Crippen molar-refractivity contribution in [1.29, 1.82) is 0 Å². The number of rotatable bonds is 4. The van der Waals surface area contributed by atoms with Crippen molar-refractivity contribution in [2.24, 2.45) is 0 Å². The number of ketones is 1. The van der Waals surface area contributed by atoms with E-state index in [-0.39, 0.29) is 11.8 Å². The summed E-state index contributed by atoms with van der Waals surface area (Å²) in [5.74, 6) is 0.192. The highest BCUT2D eigenvalue weighted by molar-refractivity contribution is 6.02. The Hall–Kier alpha value is -1.15. The Labute approximate surface area is 98.1 Å².